The Morgan fingerprint density at radius 3 is 3.16 bits per heavy atom. The van der Waals surface area contributed by atoms with Crippen molar-refractivity contribution in [3.05, 3.63) is 29.8 Å². The molecule has 1 aliphatic rings. The van der Waals surface area contributed by atoms with Gasteiger partial charge in [-0.25, -0.2) is 0 Å². The molecule has 0 saturated heterocycles. The third-order valence-electron chi connectivity index (χ3n) is 3.24. The second-order valence-corrected chi connectivity index (χ2v) is 6.75. The van der Waals surface area contributed by atoms with Crippen LogP contribution in [0.4, 0.5) is 0 Å². The van der Waals surface area contributed by atoms with E-state index in [-0.39, 0.29) is 11.9 Å². The third kappa shape index (κ3) is 3.91. The van der Waals surface area contributed by atoms with Crippen molar-refractivity contribution < 1.29 is 4.79 Å². The van der Waals surface area contributed by atoms with E-state index in [1.54, 1.807) is 11.8 Å². The molecule has 2 atom stereocenters. The standard InChI is InChI=1S/C14H20N2OS2/c1-18-8-6-11(15)14(17)16-12-7-9-19-13-5-3-2-4-10(12)13/h2-5,11-12H,6-9,15H2,1H3,(H,16,17)/t11-,12?/m1/s1. The van der Waals surface area contributed by atoms with Crippen LogP contribution in [0.15, 0.2) is 29.2 Å². The van der Waals surface area contributed by atoms with Crippen LogP contribution in [0.1, 0.15) is 24.4 Å². The zero-order valence-electron chi connectivity index (χ0n) is 11.1. The molecule has 104 valence electrons. The molecular formula is C14H20N2OS2. The molecule has 0 fully saturated rings. The van der Waals surface area contributed by atoms with E-state index in [2.05, 4.69) is 17.4 Å². The normalized spacial score (nSPS) is 19.6. The van der Waals surface area contributed by atoms with Crippen LogP contribution in [0.25, 0.3) is 0 Å². The maximum atomic E-state index is 12.1. The molecule has 0 spiro atoms. The number of hydrogen-bond donors (Lipinski definition) is 2. The summed E-state index contributed by atoms with van der Waals surface area (Å²) in [5, 5.41) is 3.10. The van der Waals surface area contributed by atoms with Crippen molar-refractivity contribution in [1.82, 2.24) is 5.32 Å². The molecule has 1 amide bonds. The van der Waals surface area contributed by atoms with E-state index in [1.165, 1.54) is 10.5 Å². The summed E-state index contributed by atoms with van der Waals surface area (Å²) in [5.41, 5.74) is 7.14. The molecule has 19 heavy (non-hydrogen) atoms. The number of amides is 1. The molecule has 0 aromatic heterocycles. The predicted octanol–water partition coefficient (Wildman–Crippen LogP) is 2.42. The minimum absolute atomic E-state index is 0.0271. The van der Waals surface area contributed by atoms with Crippen molar-refractivity contribution in [1.29, 1.82) is 0 Å². The molecule has 2 rings (SSSR count). The Hall–Kier alpha value is -0.650. The van der Waals surface area contributed by atoms with Crippen molar-refractivity contribution in [3.63, 3.8) is 0 Å². The molecule has 1 aromatic carbocycles. The van der Waals surface area contributed by atoms with Crippen LogP contribution >= 0.6 is 23.5 Å². The molecule has 0 bridgehead atoms. The summed E-state index contributed by atoms with van der Waals surface area (Å²) in [4.78, 5) is 13.3. The largest absolute Gasteiger partial charge is 0.348 e. The van der Waals surface area contributed by atoms with Crippen molar-refractivity contribution in [2.75, 3.05) is 17.8 Å². The number of thioether (sulfide) groups is 2. The quantitative estimate of drug-likeness (QED) is 0.876. The fraction of sp³-hybridized carbons (Fsp3) is 0.500. The Labute approximate surface area is 123 Å². The fourth-order valence-electron chi connectivity index (χ4n) is 2.15. The van der Waals surface area contributed by atoms with Gasteiger partial charge >= 0.3 is 0 Å². The summed E-state index contributed by atoms with van der Waals surface area (Å²) in [6.45, 7) is 0. The zero-order chi connectivity index (χ0) is 13.7. The second kappa shape index (κ2) is 7.22. The maximum Gasteiger partial charge on any atom is 0.237 e. The summed E-state index contributed by atoms with van der Waals surface area (Å²) >= 11 is 3.57. The lowest BCUT2D eigenvalue weighted by atomic mass is 10.0. The first-order valence-electron chi connectivity index (χ1n) is 6.49. The van der Waals surface area contributed by atoms with Gasteiger partial charge in [0.05, 0.1) is 12.1 Å². The van der Waals surface area contributed by atoms with Crippen LogP contribution in [0, 0.1) is 0 Å². The van der Waals surface area contributed by atoms with E-state index < -0.39 is 6.04 Å². The Balaban J connectivity index is 1.98. The number of rotatable bonds is 5. The lowest BCUT2D eigenvalue weighted by molar-refractivity contribution is -0.123. The van der Waals surface area contributed by atoms with Gasteiger partial charge in [0, 0.05) is 10.6 Å². The van der Waals surface area contributed by atoms with Gasteiger partial charge in [0.25, 0.3) is 0 Å². The molecule has 0 aliphatic carbocycles. The molecule has 1 unspecified atom stereocenters. The zero-order valence-corrected chi connectivity index (χ0v) is 12.7. The highest BCUT2D eigenvalue weighted by atomic mass is 32.2. The van der Waals surface area contributed by atoms with Crippen LogP contribution < -0.4 is 11.1 Å². The van der Waals surface area contributed by atoms with Crippen LogP contribution in [-0.2, 0) is 4.79 Å². The maximum absolute atomic E-state index is 12.1. The van der Waals surface area contributed by atoms with E-state index in [4.69, 9.17) is 5.73 Å². The molecular weight excluding hydrogens is 276 g/mol. The summed E-state index contributed by atoms with van der Waals surface area (Å²) in [6.07, 6.45) is 3.73. The number of fused-ring (bicyclic) bond motifs is 1. The average Bonchev–Trinajstić information content (AvgIpc) is 2.45. The predicted molar refractivity (Wildman–Crippen MR) is 83.6 cm³/mol. The van der Waals surface area contributed by atoms with Gasteiger partial charge in [-0.2, -0.15) is 11.8 Å². The molecule has 3 N–H and O–H groups in total. The van der Waals surface area contributed by atoms with Gasteiger partial charge in [-0.3, -0.25) is 4.79 Å². The lowest BCUT2D eigenvalue weighted by Crippen LogP contribution is -2.43. The van der Waals surface area contributed by atoms with Crippen LogP contribution in [0.2, 0.25) is 0 Å². The SMILES string of the molecule is CSCC[C@@H](N)C(=O)NC1CCSc2ccccc21. The molecule has 3 nitrogen and oxygen atoms in total. The van der Waals surface area contributed by atoms with Gasteiger partial charge in [0.2, 0.25) is 5.91 Å². The van der Waals surface area contributed by atoms with Gasteiger partial charge in [-0.15, -0.1) is 11.8 Å². The Morgan fingerprint density at radius 2 is 2.37 bits per heavy atom. The number of nitrogens with one attached hydrogen (secondary N) is 1. The van der Waals surface area contributed by atoms with Gasteiger partial charge < -0.3 is 11.1 Å². The summed E-state index contributed by atoms with van der Waals surface area (Å²) in [6, 6.07) is 8.00. The minimum atomic E-state index is -0.394. The second-order valence-electron chi connectivity index (χ2n) is 4.62. The smallest absolute Gasteiger partial charge is 0.237 e. The summed E-state index contributed by atoms with van der Waals surface area (Å²) < 4.78 is 0. The molecule has 1 heterocycles. The number of carbonyl (C=O) groups excluding carboxylic acids is 1. The Kier molecular flexibility index (Phi) is 5.60. The monoisotopic (exact) mass is 296 g/mol. The van der Waals surface area contributed by atoms with Gasteiger partial charge in [0.1, 0.15) is 0 Å². The van der Waals surface area contributed by atoms with E-state index in [0.717, 1.165) is 24.3 Å². The molecule has 0 radical (unpaired) electrons. The van der Waals surface area contributed by atoms with E-state index in [1.807, 2.05) is 30.2 Å². The van der Waals surface area contributed by atoms with Gasteiger partial charge in [-0.05, 0) is 36.5 Å². The summed E-state index contributed by atoms with van der Waals surface area (Å²) in [5.74, 6) is 1.94. The first-order chi connectivity index (χ1) is 9.22. The molecule has 0 saturated carbocycles. The first-order valence-corrected chi connectivity index (χ1v) is 8.87. The van der Waals surface area contributed by atoms with Crippen molar-refractivity contribution >= 4 is 29.4 Å². The van der Waals surface area contributed by atoms with Gasteiger partial charge in [-0.1, -0.05) is 18.2 Å². The fourth-order valence-corrected chi connectivity index (χ4v) is 3.76. The van der Waals surface area contributed by atoms with Crippen molar-refractivity contribution in [2.24, 2.45) is 5.73 Å². The highest BCUT2D eigenvalue weighted by molar-refractivity contribution is 7.99. The summed E-state index contributed by atoms with van der Waals surface area (Å²) in [7, 11) is 0. The van der Waals surface area contributed by atoms with E-state index in [9.17, 15) is 4.79 Å². The number of nitrogens with two attached hydrogens (primary N) is 1. The van der Waals surface area contributed by atoms with Crippen molar-refractivity contribution in [3.8, 4) is 0 Å². The highest BCUT2D eigenvalue weighted by Crippen LogP contribution is 2.35. The van der Waals surface area contributed by atoms with Gasteiger partial charge in [0.15, 0.2) is 0 Å². The van der Waals surface area contributed by atoms with Crippen LogP contribution in [0.3, 0.4) is 0 Å². The minimum Gasteiger partial charge on any atom is -0.348 e. The Morgan fingerprint density at radius 1 is 1.58 bits per heavy atom. The number of carbonyl (C=O) groups is 1. The van der Waals surface area contributed by atoms with E-state index >= 15 is 0 Å². The molecule has 5 heteroatoms. The third-order valence-corrected chi connectivity index (χ3v) is 5.01. The lowest BCUT2D eigenvalue weighted by Gasteiger charge is -2.27. The molecule has 1 aliphatic heterocycles. The van der Waals surface area contributed by atoms with Crippen molar-refractivity contribution in [2.45, 2.75) is 29.8 Å². The van der Waals surface area contributed by atoms with Crippen LogP contribution in [0.5, 0.6) is 0 Å². The van der Waals surface area contributed by atoms with Crippen LogP contribution in [-0.4, -0.2) is 29.7 Å². The highest BCUT2D eigenvalue weighted by Gasteiger charge is 2.23. The first kappa shape index (κ1) is 14.8. The number of hydrogen-bond acceptors (Lipinski definition) is 4. The average molecular weight is 296 g/mol. The Bertz CT molecular complexity index is 439. The van der Waals surface area contributed by atoms with E-state index in [0.29, 0.717) is 0 Å². The topological polar surface area (TPSA) is 55.1 Å². The number of benzene rings is 1. The molecule has 1 aromatic rings.